The van der Waals surface area contributed by atoms with Crippen LogP contribution in [0.2, 0.25) is 5.02 Å². The fourth-order valence-electron chi connectivity index (χ4n) is 2.49. The first-order valence-electron chi connectivity index (χ1n) is 8.32. The molecular weight excluding hydrogens is 364 g/mol. The number of amides is 1. The van der Waals surface area contributed by atoms with Crippen molar-refractivity contribution in [2.75, 3.05) is 12.4 Å². The fourth-order valence-corrected chi connectivity index (χ4v) is 2.66. The van der Waals surface area contributed by atoms with Crippen molar-refractivity contribution < 1.29 is 9.53 Å². The van der Waals surface area contributed by atoms with Gasteiger partial charge in [-0.2, -0.15) is 0 Å². The van der Waals surface area contributed by atoms with Crippen LogP contribution in [0.1, 0.15) is 21.5 Å². The van der Waals surface area contributed by atoms with Crippen molar-refractivity contribution in [1.29, 1.82) is 0 Å². The molecule has 0 unspecified atom stereocenters. The van der Waals surface area contributed by atoms with E-state index >= 15 is 0 Å². The first-order valence-corrected chi connectivity index (χ1v) is 8.70. The van der Waals surface area contributed by atoms with E-state index in [9.17, 15) is 4.79 Å². The highest BCUT2D eigenvalue weighted by Crippen LogP contribution is 2.22. The first-order chi connectivity index (χ1) is 13.1. The summed E-state index contributed by atoms with van der Waals surface area (Å²) in [5.41, 5.74) is 3.10. The van der Waals surface area contributed by atoms with Crippen LogP contribution in [0.5, 0.6) is 5.75 Å². The minimum atomic E-state index is -0.258. The second-order valence-corrected chi connectivity index (χ2v) is 6.31. The molecule has 0 spiro atoms. The number of carbonyl (C=O) groups excluding carboxylic acids is 1. The second-order valence-electron chi connectivity index (χ2n) is 5.87. The lowest BCUT2D eigenvalue weighted by atomic mass is 10.2. The Hall–Kier alpha value is -3.12. The van der Waals surface area contributed by atoms with E-state index in [1.54, 1.807) is 13.2 Å². The number of halogens is 1. The summed E-state index contributed by atoms with van der Waals surface area (Å²) in [4.78, 5) is 20.7. The Morgan fingerprint density at radius 3 is 2.63 bits per heavy atom. The lowest BCUT2D eigenvalue weighted by Gasteiger charge is -2.10. The Labute approximate surface area is 162 Å². The first kappa shape index (κ1) is 18.7. The number of carbonyl (C=O) groups is 1. The van der Waals surface area contributed by atoms with Crippen molar-refractivity contribution in [3.8, 4) is 5.75 Å². The van der Waals surface area contributed by atoms with Gasteiger partial charge in [0.2, 0.25) is 5.95 Å². The molecule has 0 aliphatic rings. The number of aryl methyl sites for hydroxylation is 1. The number of nitrogens with zero attached hydrogens (tertiary/aromatic N) is 2. The summed E-state index contributed by atoms with van der Waals surface area (Å²) < 4.78 is 5.28. The summed E-state index contributed by atoms with van der Waals surface area (Å²) in [5, 5.41) is 6.56. The van der Waals surface area contributed by atoms with Gasteiger partial charge in [-0.1, -0.05) is 35.9 Å². The van der Waals surface area contributed by atoms with E-state index < -0.39 is 0 Å². The van der Waals surface area contributed by atoms with Crippen molar-refractivity contribution in [1.82, 2.24) is 15.3 Å². The number of ether oxygens (including phenoxy) is 1. The zero-order chi connectivity index (χ0) is 19.2. The van der Waals surface area contributed by atoms with E-state index in [1.165, 1.54) is 12.4 Å². The molecule has 0 saturated carbocycles. The molecule has 7 heteroatoms. The van der Waals surface area contributed by atoms with Gasteiger partial charge in [-0.15, -0.1) is 0 Å². The molecular formula is C20H19ClN4O2. The van der Waals surface area contributed by atoms with Crippen molar-refractivity contribution in [3.63, 3.8) is 0 Å². The summed E-state index contributed by atoms with van der Waals surface area (Å²) in [7, 11) is 1.60. The number of aromatic nitrogens is 2. The summed E-state index contributed by atoms with van der Waals surface area (Å²) in [6, 6.07) is 13.0. The van der Waals surface area contributed by atoms with Crippen LogP contribution in [-0.2, 0) is 6.54 Å². The fraction of sp³-hybridized carbons (Fsp3) is 0.150. The van der Waals surface area contributed by atoms with E-state index in [2.05, 4.69) is 20.6 Å². The smallest absolute Gasteiger partial charge is 0.254 e. The number of benzene rings is 2. The van der Waals surface area contributed by atoms with Gasteiger partial charge in [0.05, 0.1) is 12.7 Å². The number of nitrogens with one attached hydrogen (secondary N) is 2. The lowest BCUT2D eigenvalue weighted by Crippen LogP contribution is -2.23. The van der Waals surface area contributed by atoms with E-state index in [0.29, 0.717) is 23.1 Å². The number of anilines is 2. The normalized spacial score (nSPS) is 10.3. The molecule has 3 aromatic rings. The van der Waals surface area contributed by atoms with Crippen LogP contribution in [-0.4, -0.2) is 23.0 Å². The zero-order valence-corrected chi connectivity index (χ0v) is 15.7. The summed E-state index contributed by atoms with van der Waals surface area (Å²) >= 11 is 6.01. The molecule has 2 aromatic carbocycles. The Morgan fingerprint density at radius 2 is 1.89 bits per heavy atom. The second kappa shape index (κ2) is 8.51. The Bertz CT molecular complexity index is 945. The molecule has 0 aliphatic carbocycles. The molecule has 3 rings (SSSR count). The molecule has 138 valence electrons. The summed E-state index contributed by atoms with van der Waals surface area (Å²) in [6.45, 7) is 2.31. The number of hydrogen-bond acceptors (Lipinski definition) is 5. The van der Waals surface area contributed by atoms with Gasteiger partial charge in [-0.05, 0) is 30.7 Å². The summed E-state index contributed by atoms with van der Waals surface area (Å²) in [5.74, 6) is 0.860. The van der Waals surface area contributed by atoms with Crippen LogP contribution >= 0.6 is 11.6 Å². The van der Waals surface area contributed by atoms with Crippen LogP contribution in [0.4, 0.5) is 11.6 Å². The number of hydrogen-bond donors (Lipinski definition) is 2. The predicted molar refractivity (Wildman–Crippen MR) is 106 cm³/mol. The highest BCUT2D eigenvalue weighted by Gasteiger charge is 2.09. The van der Waals surface area contributed by atoms with Gasteiger partial charge in [0.1, 0.15) is 5.75 Å². The molecule has 0 aliphatic heterocycles. The van der Waals surface area contributed by atoms with Crippen LogP contribution in [0.25, 0.3) is 0 Å². The van der Waals surface area contributed by atoms with Gasteiger partial charge in [0, 0.05) is 35.2 Å². The third-order valence-corrected chi connectivity index (χ3v) is 4.23. The predicted octanol–water partition coefficient (Wildman–Crippen LogP) is 4.12. The van der Waals surface area contributed by atoms with Gasteiger partial charge in [-0.25, -0.2) is 9.97 Å². The van der Waals surface area contributed by atoms with Crippen LogP contribution in [0.15, 0.2) is 54.9 Å². The van der Waals surface area contributed by atoms with E-state index in [1.807, 2.05) is 43.3 Å². The number of para-hydroxylation sites is 1. The minimum Gasteiger partial charge on any atom is -0.496 e. The summed E-state index contributed by atoms with van der Waals surface area (Å²) in [6.07, 6.45) is 2.96. The highest BCUT2D eigenvalue weighted by atomic mass is 35.5. The number of rotatable bonds is 6. The largest absolute Gasteiger partial charge is 0.496 e. The maximum Gasteiger partial charge on any atom is 0.254 e. The van der Waals surface area contributed by atoms with E-state index in [-0.39, 0.29) is 5.91 Å². The molecule has 0 bridgehead atoms. The van der Waals surface area contributed by atoms with Gasteiger partial charge in [-0.3, -0.25) is 4.79 Å². The monoisotopic (exact) mass is 382 g/mol. The van der Waals surface area contributed by atoms with Gasteiger partial charge in [0.25, 0.3) is 5.91 Å². The maximum absolute atomic E-state index is 12.3. The minimum absolute atomic E-state index is 0.258. The SMILES string of the molecule is COc1ccccc1CNC(=O)c1cnc(Nc2cc(Cl)ccc2C)nc1. The van der Waals surface area contributed by atoms with Crippen molar-refractivity contribution >= 4 is 29.1 Å². The van der Waals surface area contributed by atoms with E-state index in [0.717, 1.165) is 22.6 Å². The Balaban J connectivity index is 1.64. The van der Waals surface area contributed by atoms with Crippen molar-refractivity contribution in [2.45, 2.75) is 13.5 Å². The van der Waals surface area contributed by atoms with E-state index in [4.69, 9.17) is 16.3 Å². The average Bonchev–Trinajstić information content (AvgIpc) is 2.69. The number of methoxy groups -OCH3 is 1. The van der Waals surface area contributed by atoms with Crippen molar-refractivity contribution in [3.05, 3.63) is 76.6 Å². The Morgan fingerprint density at radius 1 is 1.15 bits per heavy atom. The van der Waals surface area contributed by atoms with Gasteiger partial charge < -0.3 is 15.4 Å². The lowest BCUT2D eigenvalue weighted by molar-refractivity contribution is 0.0950. The van der Waals surface area contributed by atoms with Crippen LogP contribution in [0.3, 0.4) is 0 Å². The molecule has 1 aromatic heterocycles. The molecule has 1 heterocycles. The molecule has 0 radical (unpaired) electrons. The standard InChI is InChI=1S/C20H19ClN4O2/c1-13-7-8-16(21)9-17(13)25-20-23-11-15(12-24-20)19(26)22-10-14-5-3-4-6-18(14)27-2/h3-9,11-12H,10H2,1-2H3,(H,22,26)(H,23,24,25). The molecule has 2 N–H and O–H groups in total. The molecule has 0 fully saturated rings. The quantitative estimate of drug-likeness (QED) is 0.670. The third-order valence-electron chi connectivity index (χ3n) is 3.99. The molecule has 0 atom stereocenters. The maximum atomic E-state index is 12.3. The third kappa shape index (κ3) is 4.74. The van der Waals surface area contributed by atoms with Crippen molar-refractivity contribution in [2.24, 2.45) is 0 Å². The van der Waals surface area contributed by atoms with Gasteiger partial charge >= 0.3 is 0 Å². The average molecular weight is 383 g/mol. The molecule has 0 saturated heterocycles. The Kier molecular flexibility index (Phi) is 5.88. The molecule has 1 amide bonds. The zero-order valence-electron chi connectivity index (χ0n) is 15.0. The van der Waals surface area contributed by atoms with Crippen LogP contribution in [0, 0.1) is 6.92 Å². The highest BCUT2D eigenvalue weighted by molar-refractivity contribution is 6.30. The molecule has 27 heavy (non-hydrogen) atoms. The van der Waals surface area contributed by atoms with Crippen LogP contribution < -0.4 is 15.4 Å². The molecule has 6 nitrogen and oxygen atoms in total. The topological polar surface area (TPSA) is 76.1 Å². The van der Waals surface area contributed by atoms with Gasteiger partial charge in [0.15, 0.2) is 0 Å².